The second-order valence-electron chi connectivity index (χ2n) is 8.53. The lowest BCUT2D eigenvalue weighted by molar-refractivity contribution is -0.118. The van der Waals surface area contributed by atoms with Gasteiger partial charge in [0.1, 0.15) is 5.82 Å². The summed E-state index contributed by atoms with van der Waals surface area (Å²) in [6.07, 6.45) is 1.33. The third-order valence-electron chi connectivity index (χ3n) is 6.45. The zero-order valence-corrected chi connectivity index (χ0v) is 19.5. The van der Waals surface area contributed by atoms with Gasteiger partial charge >= 0.3 is 0 Å². The Bertz CT molecular complexity index is 1280. The Morgan fingerprint density at radius 3 is 2.41 bits per heavy atom. The summed E-state index contributed by atoms with van der Waals surface area (Å²) in [5, 5.41) is 2.79. The van der Waals surface area contributed by atoms with E-state index in [1.807, 2.05) is 12.1 Å². The van der Waals surface area contributed by atoms with E-state index in [1.54, 1.807) is 43.3 Å². The fraction of sp³-hybridized carbons (Fsp3) is 0.240. The van der Waals surface area contributed by atoms with E-state index in [2.05, 4.69) is 10.0 Å². The molecule has 0 atom stereocenters. The molecule has 5 rings (SSSR count). The topological polar surface area (TPSA) is 100 Å². The van der Waals surface area contributed by atoms with E-state index >= 15 is 0 Å². The Labute approximate surface area is 198 Å². The van der Waals surface area contributed by atoms with Crippen LogP contribution in [0.2, 0.25) is 0 Å². The van der Waals surface area contributed by atoms with Crippen LogP contribution in [-0.4, -0.2) is 28.9 Å². The summed E-state index contributed by atoms with van der Waals surface area (Å²) < 4.78 is 48.2. The van der Waals surface area contributed by atoms with E-state index in [9.17, 15) is 18.3 Å². The average Bonchev–Trinajstić information content (AvgIpc) is 3.51. The summed E-state index contributed by atoms with van der Waals surface area (Å²) in [7, 11) is -1.59. The number of carbonyl (C=O) groups excluding carboxylic acids is 1. The smallest absolute Gasteiger partial charge is 0.235 e. The molecule has 0 radical (unpaired) electrons. The third-order valence-corrected chi connectivity index (χ3v) is 7.95. The molecule has 1 heterocycles. The number of carbonyl (C=O) groups is 1. The molecule has 178 valence electrons. The van der Waals surface area contributed by atoms with Gasteiger partial charge in [0.25, 0.3) is 0 Å². The van der Waals surface area contributed by atoms with Gasteiger partial charge in [0.05, 0.1) is 16.0 Å². The van der Waals surface area contributed by atoms with Crippen LogP contribution in [0.25, 0.3) is 11.1 Å². The molecule has 34 heavy (non-hydrogen) atoms. The summed E-state index contributed by atoms with van der Waals surface area (Å²) in [6.45, 7) is 1.94. The fourth-order valence-corrected chi connectivity index (χ4v) is 4.98. The molecule has 0 bridgehead atoms. The van der Waals surface area contributed by atoms with Crippen LogP contribution in [0.3, 0.4) is 0 Å². The lowest BCUT2D eigenvalue weighted by Crippen LogP contribution is -2.28. The van der Waals surface area contributed by atoms with Crippen LogP contribution in [0.4, 0.5) is 10.1 Å². The number of anilines is 1. The second-order valence-corrected chi connectivity index (χ2v) is 10.5. The van der Waals surface area contributed by atoms with Gasteiger partial charge in [0, 0.05) is 7.05 Å². The minimum atomic E-state index is -3.06. The Morgan fingerprint density at radius 2 is 1.74 bits per heavy atom. The van der Waals surface area contributed by atoms with Crippen LogP contribution in [0.15, 0.2) is 59.5 Å². The van der Waals surface area contributed by atoms with Gasteiger partial charge in [-0.3, -0.25) is 13.9 Å². The number of benzene rings is 3. The highest BCUT2D eigenvalue weighted by Crippen LogP contribution is 2.51. The maximum Gasteiger partial charge on any atom is 0.235 e. The van der Waals surface area contributed by atoms with Gasteiger partial charge in [0.2, 0.25) is 12.7 Å². The van der Waals surface area contributed by atoms with E-state index in [0.29, 0.717) is 34.8 Å². The summed E-state index contributed by atoms with van der Waals surface area (Å²) in [5.41, 5.74) is 2.39. The van der Waals surface area contributed by atoms with E-state index in [1.165, 1.54) is 13.1 Å². The summed E-state index contributed by atoms with van der Waals surface area (Å²) in [6, 6.07) is 15.2. The highest BCUT2D eigenvalue weighted by Gasteiger charge is 2.51. The van der Waals surface area contributed by atoms with E-state index in [-0.39, 0.29) is 18.4 Å². The number of hydrogen-bond acceptors (Lipinski definition) is 6. The standard InChI is InChI=1S/C25H25FN2O5S/c1-15-11-20(26)21(13-19(15)16-3-6-18(7-4-16)34(30,31)27-2)28-24(29)25(9-10-25)17-5-8-22-23(12-17)33-14-32-22/h3-8,11-13,27,30-31H,9-10,14H2,1-2H3,(H,28,29). The minimum absolute atomic E-state index is 0.0983. The Balaban J connectivity index is 1.42. The number of halogens is 1. The van der Waals surface area contributed by atoms with Gasteiger partial charge in [-0.15, -0.1) is 10.8 Å². The molecule has 1 aliphatic heterocycles. The van der Waals surface area contributed by atoms with Crippen molar-refractivity contribution in [3.8, 4) is 22.6 Å². The van der Waals surface area contributed by atoms with E-state index in [0.717, 1.165) is 16.7 Å². The van der Waals surface area contributed by atoms with Crippen molar-refractivity contribution >= 4 is 22.4 Å². The summed E-state index contributed by atoms with van der Waals surface area (Å²) >= 11 is 0. The summed E-state index contributed by atoms with van der Waals surface area (Å²) in [5.74, 6) is 0.477. The van der Waals surface area contributed by atoms with Crippen molar-refractivity contribution in [1.29, 1.82) is 0 Å². The first-order chi connectivity index (χ1) is 16.2. The number of ether oxygens (including phenoxy) is 2. The number of hydrogen-bond donors (Lipinski definition) is 4. The molecular formula is C25H25FN2O5S. The van der Waals surface area contributed by atoms with Gasteiger partial charge in [-0.1, -0.05) is 18.2 Å². The van der Waals surface area contributed by atoms with Crippen LogP contribution >= 0.6 is 10.8 Å². The maximum absolute atomic E-state index is 14.8. The lowest BCUT2D eigenvalue weighted by Gasteiger charge is -2.31. The third kappa shape index (κ3) is 3.90. The largest absolute Gasteiger partial charge is 0.454 e. The van der Waals surface area contributed by atoms with Crippen molar-refractivity contribution in [2.24, 2.45) is 0 Å². The first-order valence-corrected chi connectivity index (χ1v) is 12.4. The van der Waals surface area contributed by atoms with Gasteiger partial charge in [0.15, 0.2) is 11.5 Å². The predicted octanol–water partition coefficient (Wildman–Crippen LogP) is 5.44. The molecule has 0 unspecified atom stereocenters. The van der Waals surface area contributed by atoms with E-state index < -0.39 is 22.0 Å². The fourth-order valence-electron chi connectivity index (χ4n) is 4.23. The molecule has 3 aromatic rings. The monoisotopic (exact) mass is 484 g/mol. The van der Waals surface area contributed by atoms with Crippen molar-refractivity contribution in [1.82, 2.24) is 4.72 Å². The van der Waals surface area contributed by atoms with Crippen molar-refractivity contribution < 1.29 is 27.8 Å². The summed E-state index contributed by atoms with van der Waals surface area (Å²) in [4.78, 5) is 13.6. The predicted molar refractivity (Wildman–Crippen MR) is 129 cm³/mol. The van der Waals surface area contributed by atoms with Crippen molar-refractivity contribution in [2.45, 2.75) is 30.1 Å². The molecule has 4 N–H and O–H groups in total. The average molecular weight is 485 g/mol. The Kier molecular flexibility index (Phi) is 5.52. The van der Waals surface area contributed by atoms with Crippen LogP contribution in [0, 0.1) is 12.7 Å². The molecule has 1 amide bonds. The van der Waals surface area contributed by atoms with Gasteiger partial charge in [-0.25, -0.2) is 9.11 Å². The molecular weight excluding hydrogens is 459 g/mol. The minimum Gasteiger partial charge on any atom is -0.454 e. The highest BCUT2D eigenvalue weighted by molar-refractivity contribution is 8.22. The molecule has 1 fully saturated rings. The lowest BCUT2D eigenvalue weighted by atomic mass is 9.94. The van der Waals surface area contributed by atoms with Gasteiger partial charge in [-0.05, 0) is 78.4 Å². The number of aryl methyl sites for hydroxylation is 1. The molecule has 2 aliphatic rings. The molecule has 0 saturated heterocycles. The number of fused-ring (bicyclic) bond motifs is 1. The van der Waals surface area contributed by atoms with Crippen molar-refractivity contribution in [2.75, 3.05) is 19.2 Å². The number of nitrogens with one attached hydrogen (secondary N) is 2. The number of rotatable bonds is 6. The van der Waals surface area contributed by atoms with Gasteiger partial charge < -0.3 is 14.8 Å². The quantitative estimate of drug-likeness (QED) is 0.372. The second kappa shape index (κ2) is 8.28. The molecule has 7 nitrogen and oxygen atoms in total. The molecule has 0 aromatic heterocycles. The van der Waals surface area contributed by atoms with Crippen molar-refractivity contribution in [3.63, 3.8) is 0 Å². The van der Waals surface area contributed by atoms with Gasteiger partial charge in [-0.2, -0.15) is 0 Å². The first kappa shape index (κ1) is 22.7. The zero-order valence-electron chi connectivity index (χ0n) is 18.7. The van der Waals surface area contributed by atoms with Crippen LogP contribution in [0.1, 0.15) is 24.0 Å². The van der Waals surface area contributed by atoms with Crippen LogP contribution in [-0.2, 0) is 10.2 Å². The molecule has 1 aliphatic carbocycles. The highest BCUT2D eigenvalue weighted by atomic mass is 32.3. The molecule has 9 heteroatoms. The molecule has 3 aromatic carbocycles. The SMILES string of the molecule is CNS(O)(O)c1ccc(-c2cc(NC(=O)C3(c4ccc5c(c4)OCO5)CC3)c(F)cc2C)cc1. The van der Waals surface area contributed by atoms with Crippen molar-refractivity contribution in [3.05, 3.63) is 71.5 Å². The maximum atomic E-state index is 14.8. The zero-order chi connectivity index (χ0) is 24.1. The van der Waals surface area contributed by atoms with E-state index in [4.69, 9.17) is 9.47 Å². The van der Waals surface area contributed by atoms with Crippen LogP contribution < -0.4 is 19.5 Å². The van der Waals surface area contributed by atoms with Crippen LogP contribution in [0.5, 0.6) is 11.5 Å². The molecule has 0 spiro atoms. The molecule has 1 saturated carbocycles. The Hall–Kier alpha value is -3.11. The Morgan fingerprint density at radius 1 is 1.03 bits per heavy atom. The first-order valence-electron chi connectivity index (χ1n) is 10.8. The number of amides is 1. The normalized spacial score (nSPS) is 16.3.